The molecule has 172 valence electrons. The maximum Gasteiger partial charge on any atom is 0.190 e. The lowest BCUT2D eigenvalue weighted by atomic mass is 9.98. The third kappa shape index (κ3) is 4.34. The molecule has 7 heteroatoms. The zero-order valence-corrected chi connectivity index (χ0v) is 18.4. The molecule has 2 aromatic rings. The summed E-state index contributed by atoms with van der Waals surface area (Å²) in [7, 11) is 0. The molecule has 2 N–H and O–H groups in total. The van der Waals surface area contributed by atoms with Crippen molar-refractivity contribution in [2.24, 2.45) is 0 Å². The number of aliphatic hydroxyl groups excluding tert-OH is 2. The highest BCUT2D eigenvalue weighted by Crippen LogP contribution is 2.42. The van der Waals surface area contributed by atoms with Crippen LogP contribution in [0.25, 0.3) is 0 Å². The van der Waals surface area contributed by atoms with Gasteiger partial charge in [-0.2, -0.15) is 0 Å². The molecule has 2 aromatic carbocycles. The Morgan fingerprint density at radius 1 is 0.938 bits per heavy atom. The van der Waals surface area contributed by atoms with E-state index in [4.69, 9.17) is 18.9 Å². The van der Waals surface area contributed by atoms with Gasteiger partial charge in [-0.25, -0.2) is 0 Å². The monoisotopic (exact) mass is 441 g/mol. The van der Waals surface area contributed by atoms with Crippen molar-refractivity contribution in [3.05, 3.63) is 71.8 Å². The van der Waals surface area contributed by atoms with E-state index in [0.29, 0.717) is 19.7 Å². The minimum atomic E-state index is -0.960. The highest BCUT2D eigenvalue weighted by molar-refractivity contribution is 5.17. The molecule has 3 saturated heterocycles. The standard InChI is InChI=1S/C25H31NO6/c1-25(2)31-23-22(29-15-17-11-7-4-8-12-17)21(30-24(23)32-25)19-20(28)18(27)14-26(19)13-16-9-5-3-6-10-16/h3-12,18-24,27-28H,13-15H2,1-2H3/t18-,19+,20-,21-,22+,23-,24-/m1/s1. The van der Waals surface area contributed by atoms with E-state index in [2.05, 4.69) is 4.90 Å². The molecule has 3 aliphatic rings. The quantitative estimate of drug-likeness (QED) is 0.710. The predicted molar refractivity (Wildman–Crippen MR) is 116 cm³/mol. The van der Waals surface area contributed by atoms with E-state index in [9.17, 15) is 10.2 Å². The van der Waals surface area contributed by atoms with Crippen LogP contribution in [0.5, 0.6) is 0 Å². The fraction of sp³-hybridized carbons (Fsp3) is 0.520. The van der Waals surface area contributed by atoms with Gasteiger partial charge in [-0.1, -0.05) is 60.7 Å². The Morgan fingerprint density at radius 3 is 2.28 bits per heavy atom. The third-order valence-corrected chi connectivity index (χ3v) is 6.46. The van der Waals surface area contributed by atoms with Gasteiger partial charge in [-0.05, 0) is 25.0 Å². The van der Waals surface area contributed by atoms with Crippen LogP contribution in [-0.2, 0) is 32.1 Å². The largest absolute Gasteiger partial charge is 0.389 e. The maximum absolute atomic E-state index is 10.9. The van der Waals surface area contributed by atoms with Gasteiger partial charge in [0.15, 0.2) is 12.1 Å². The number of fused-ring (bicyclic) bond motifs is 1. The van der Waals surface area contributed by atoms with Crippen molar-refractivity contribution < 1.29 is 29.2 Å². The topological polar surface area (TPSA) is 80.6 Å². The van der Waals surface area contributed by atoms with Gasteiger partial charge >= 0.3 is 0 Å². The van der Waals surface area contributed by atoms with Crippen molar-refractivity contribution in [3.8, 4) is 0 Å². The number of likely N-dealkylation sites (tertiary alicyclic amines) is 1. The summed E-state index contributed by atoms with van der Waals surface area (Å²) in [6.07, 6.45) is -3.79. The van der Waals surface area contributed by atoms with Gasteiger partial charge in [0.05, 0.1) is 24.9 Å². The Kier molecular flexibility index (Phi) is 6.07. The van der Waals surface area contributed by atoms with Gasteiger partial charge in [0.1, 0.15) is 18.3 Å². The number of aliphatic hydroxyl groups is 2. The second-order valence-electron chi connectivity index (χ2n) is 9.29. The first-order valence-electron chi connectivity index (χ1n) is 11.2. The van der Waals surface area contributed by atoms with Crippen molar-refractivity contribution in [1.29, 1.82) is 0 Å². The van der Waals surface area contributed by atoms with E-state index in [1.807, 2.05) is 74.5 Å². The van der Waals surface area contributed by atoms with Crippen molar-refractivity contribution in [2.45, 2.75) is 75.6 Å². The number of nitrogens with zero attached hydrogens (tertiary/aromatic N) is 1. The molecule has 32 heavy (non-hydrogen) atoms. The number of β-amino-alcohol motifs (C(OH)–C–C–N with tert-alkyl or cyclic N) is 1. The molecular weight excluding hydrogens is 410 g/mol. The molecule has 0 saturated carbocycles. The van der Waals surface area contributed by atoms with E-state index in [1.54, 1.807) is 0 Å². The fourth-order valence-corrected chi connectivity index (χ4v) is 5.04. The van der Waals surface area contributed by atoms with Crippen molar-refractivity contribution in [3.63, 3.8) is 0 Å². The van der Waals surface area contributed by atoms with Gasteiger partial charge in [-0.3, -0.25) is 4.90 Å². The Hall–Kier alpha value is -1.84. The fourth-order valence-electron chi connectivity index (χ4n) is 5.04. The summed E-state index contributed by atoms with van der Waals surface area (Å²) in [4.78, 5) is 2.07. The van der Waals surface area contributed by atoms with Crippen LogP contribution in [0, 0.1) is 0 Å². The summed E-state index contributed by atoms with van der Waals surface area (Å²) in [5.74, 6) is -0.772. The van der Waals surface area contributed by atoms with E-state index >= 15 is 0 Å². The highest BCUT2D eigenvalue weighted by atomic mass is 16.8. The summed E-state index contributed by atoms with van der Waals surface area (Å²) < 4.78 is 24.8. The number of hydrogen-bond donors (Lipinski definition) is 2. The summed E-state index contributed by atoms with van der Waals surface area (Å²) in [6.45, 7) is 5.05. The van der Waals surface area contributed by atoms with Crippen LogP contribution in [0.15, 0.2) is 60.7 Å². The van der Waals surface area contributed by atoms with E-state index in [-0.39, 0.29) is 0 Å². The van der Waals surface area contributed by atoms with Gasteiger partial charge in [-0.15, -0.1) is 0 Å². The number of hydrogen-bond acceptors (Lipinski definition) is 7. The van der Waals surface area contributed by atoms with Crippen LogP contribution in [0.1, 0.15) is 25.0 Å². The molecule has 7 nitrogen and oxygen atoms in total. The molecule has 0 aliphatic carbocycles. The first-order valence-corrected chi connectivity index (χ1v) is 11.2. The van der Waals surface area contributed by atoms with Gasteiger partial charge in [0.2, 0.25) is 0 Å². The van der Waals surface area contributed by atoms with Crippen LogP contribution in [0.3, 0.4) is 0 Å². The lowest BCUT2D eigenvalue weighted by Gasteiger charge is -2.35. The van der Waals surface area contributed by atoms with E-state index in [0.717, 1.165) is 11.1 Å². The van der Waals surface area contributed by atoms with E-state index in [1.165, 1.54) is 0 Å². The molecule has 3 heterocycles. The maximum atomic E-state index is 10.9. The van der Waals surface area contributed by atoms with Crippen LogP contribution in [0.4, 0.5) is 0 Å². The normalized spacial score (nSPS) is 36.4. The molecule has 0 amide bonds. The summed E-state index contributed by atoms with van der Waals surface area (Å²) in [6, 6.07) is 19.5. The van der Waals surface area contributed by atoms with Crippen molar-refractivity contribution in [2.75, 3.05) is 6.54 Å². The molecular formula is C25H31NO6. The zero-order valence-electron chi connectivity index (χ0n) is 18.4. The van der Waals surface area contributed by atoms with Crippen molar-refractivity contribution in [1.82, 2.24) is 4.90 Å². The van der Waals surface area contributed by atoms with Crippen LogP contribution in [0.2, 0.25) is 0 Å². The van der Waals surface area contributed by atoms with Gasteiger partial charge < -0.3 is 29.2 Å². The molecule has 0 unspecified atom stereocenters. The second kappa shape index (κ2) is 8.83. The molecule has 5 rings (SSSR count). The van der Waals surface area contributed by atoms with Crippen molar-refractivity contribution >= 4 is 0 Å². The Morgan fingerprint density at radius 2 is 1.59 bits per heavy atom. The first kappa shape index (κ1) is 22.0. The summed E-state index contributed by atoms with van der Waals surface area (Å²) in [5.41, 5.74) is 2.15. The highest BCUT2D eigenvalue weighted by Gasteiger charge is 2.60. The summed E-state index contributed by atoms with van der Waals surface area (Å²) >= 11 is 0. The molecule has 0 bridgehead atoms. The molecule has 0 aromatic heterocycles. The molecule has 7 atom stereocenters. The lowest BCUT2D eigenvalue weighted by molar-refractivity contribution is -0.228. The van der Waals surface area contributed by atoms with Crippen LogP contribution >= 0.6 is 0 Å². The average Bonchev–Trinajstić information content (AvgIpc) is 3.34. The van der Waals surface area contributed by atoms with E-state index < -0.39 is 48.6 Å². The average molecular weight is 442 g/mol. The molecule has 3 fully saturated rings. The molecule has 0 spiro atoms. The van der Waals surface area contributed by atoms with Crippen LogP contribution in [-0.4, -0.2) is 70.3 Å². The minimum absolute atomic E-state index is 0.356. The van der Waals surface area contributed by atoms with Gasteiger partial charge in [0, 0.05) is 13.1 Å². The second-order valence-corrected chi connectivity index (χ2v) is 9.29. The SMILES string of the molecule is CC1(C)O[C@H]2O[C@H]([C@@H]3[C@H](O)[C@H](O)CN3Cc3ccccc3)[C@H](OCc3ccccc3)[C@H]2O1. The molecule has 0 radical (unpaired) electrons. The minimum Gasteiger partial charge on any atom is -0.389 e. The zero-order chi connectivity index (χ0) is 22.3. The third-order valence-electron chi connectivity index (χ3n) is 6.46. The first-order chi connectivity index (χ1) is 15.4. The number of benzene rings is 2. The summed E-state index contributed by atoms with van der Waals surface area (Å²) in [5, 5.41) is 21.4. The number of rotatable bonds is 6. The predicted octanol–water partition coefficient (Wildman–Crippen LogP) is 2.05. The Balaban J connectivity index is 1.39. The molecule has 3 aliphatic heterocycles. The Labute approximate surface area is 188 Å². The van der Waals surface area contributed by atoms with Crippen LogP contribution < -0.4 is 0 Å². The van der Waals surface area contributed by atoms with Gasteiger partial charge in [0.25, 0.3) is 0 Å². The Bertz CT molecular complexity index is 894. The lowest BCUT2D eigenvalue weighted by Crippen LogP contribution is -2.52. The number of ether oxygens (including phenoxy) is 4. The smallest absolute Gasteiger partial charge is 0.190 e.